The predicted octanol–water partition coefficient (Wildman–Crippen LogP) is 2.97. The first-order valence-corrected chi connectivity index (χ1v) is 7.57. The molecule has 0 saturated heterocycles. The minimum atomic E-state index is 0.394. The minimum Gasteiger partial charge on any atom is -0.320 e. The maximum absolute atomic E-state index is 5.38. The van der Waals surface area contributed by atoms with Crippen molar-refractivity contribution in [1.82, 2.24) is 9.78 Å². The van der Waals surface area contributed by atoms with Gasteiger partial charge in [-0.3, -0.25) is 4.68 Å². The van der Waals surface area contributed by atoms with Gasteiger partial charge in [-0.15, -0.1) is 11.3 Å². The normalized spacial score (nSPS) is 10.1. The van der Waals surface area contributed by atoms with Gasteiger partial charge in [0.2, 0.25) is 0 Å². The molecule has 3 aromatic rings. The van der Waals surface area contributed by atoms with Gasteiger partial charge in [0, 0.05) is 27.6 Å². The lowest BCUT2D eigenvalue weighted by Crippen LogP contribution is -1.97. The quantitative estimate of drug-likeness (QED) is 0.755. The van der Waals surface area contributed by atoms with Crippen LogP contribution in [0.25, 0.3) is 11.1 Å². The van der Waals surface area contributed by atoms with Crippen molar-refractivity contribution in [2.75, 3.05) is 6.54 Å². The summed E-state index contributed by atoms with van der Waals surface area (Å²) >= 11 is 1.70. The van der Waals surface area contributed by atoms with Gasteiger partial charge in [-0.25, -0.2) is 0 Å². The van der Waals surface area contributed by atoms with E-state index in [1.54, 1.807) is 11.3 Å². The molecular weight excluding hydrogens is 278 g/mol. The van der Waals surface area contributed by atoms with Crippen LogP contribution in [0.1, 0.15) is 10.4 Å². The Morgan fingerprint density at radius 1 is 1.19 bits per heavy atom. The topological polar surface area (TPSA) is 43.8 Å². The molecule has 0 saturated carbocycles. The van der Waals surface area contributed by atoms with Crippen LogP contribution in [0, 0.1) is 11.8 Å². The fourth-order valence-corrected chi connectivity index (χ4v) is 2.88. The third kappa shape index (κ3) is 3.40. The zero-order chi connectivity index (χ0) is 14.5. The smallest absolute Gasteiger partial charge is 0.0752 e. The van der Waals surface area contributed by atoms with E-state index in [4.69, 9.17) is 5.73 Å². The molecule has 1 aromatic carbocycles. The van der Waals surface area contributed by atoms with Gasteiger partial charge in [-0.2, -0.15) is 5.10 Å². The highest BCUT2D eigenvalue weighted by Gasteiger charge is 2.03. The van der Waals surface area contributed by atoms with Crippen molar-refractivity contribution in [2.45, 2.75) is 6.54 Å². The summed E-state index contributed by atoms with van der Waals surface area (Å²) in [5.74, 6) is 5.92. The number of hydrogen-bond donors (Lipinski definition) is 1. The second-order valence-electron chi connectivity index (χ2n) is 4.60. The summed E-state index contributed by atoms with van der Waals surface area (Å²) in [5.41, 5.74) is 8.72. The molecule has 2 aromatic heterocycles. The Morgan fingerprint density at radius 3 is 2.86 bits per heavy atom. The Morgan fingerprint density at radius 2 is 2.05 bits per heavy atom. The number of rotatable bonds is 3. The van der Waals surface area contributed by atoms with Gasteiger partial charge in [0.05, 0.1) is 19.3 Å². The second kappa shape index (κ2) is 6.40. The molecule has 0 aliphatic rings. The first-order valence-electron chi connectivity index (χ1n) is 6.69. The Bertz CT molecular complexity index is 775. The summed E-state index contributed by atoms with van der Waals surface area (Å²) in [4.78, 5) is 1.24. The van der Waals surface area contributed by atoms with E-state index in [0.717, 1.165) is 17.7 Å². The molecular formula is C17H15N3S. The van der Waals surface area contributed by atoms with Crippen molar-refractivity contribution in [1.29, 1.82) is 0 Å². The molecule has 0 aliphatic carbocycles. The number of hydrogen-bond acceptors (Lipinski definition) is 3. The highest BCUT2D eigenvalue weighted by atomic mass is 32.1. The lowest BCUT2D eigenvalue weighted by atomic mass is 10.1. The van der Waals surface area contributed by atoms with Crippen molar-refractivity contribution < 1.29 is 0 Å². The van der Waals surface area contributed by atoms with Crippen LogP contribution in [0.15, 0.2) is 54.2 Å². The van der Waals surface area contributed by atoms with E-state index in [1.807, 2.05) is 29.1 Å². The molecule has 3 rings (SSSR count). The molecule has 0 spiro atoms. The zero-order valence-electron chi connectivity index (χ0n) is 11.5. The van der Waals surface area contributed by atoms with Crippen LogP contribution in [-0.4, -0.2) is 16.3 Å². The largest absolute Gasteiger partial charge is 0.320 e. The van der Waals surface area contributed by atoms with E-state index in [0.29, 0.717) is 6.54 Å². The summed E-state index contributed by atoms with van der Waals surface area (Å²) in [7, 11) is 0. The number of aromatic nitrogens is 2. The summed E-state index contributed by atoms with van der Waals surface area (Å²) in [6.07, 6.45) is 3.97. The third-order valence-electron chi connectivity index (χ3n) is 3.05. The van der Waals surface area contributed by atoms with E-state index < -0.39 is 0 Å². The third-order valence-corrected chi connectivity index (χ3v) is 3.97. The molecule has 2 N–H and O–H groups in total. The minimum absolute atomic E-state index is 0.394. The molecule has 0 amide bonds. The average molecular weight is 293 g/mol. The standard InChI is InChI=1S/C17H15N3S/c18-8-4-5-14-9-17(21-13-14)12-20-11-16(10-19-20)15-6-2-1-3-7-15/h1-3,6-7,9-11,13H,8,12,18H2. The van der Waals surface area contributed by atoms with Gasteiger partial charge in [-0.1, -0.05) is 42.2 Å². The Kier molecular flexibility index (Phi) is 4.15. The predicted molar refractivity (Wildman–Crippen MR) is 87.0 cm³/mol. The Hall–Kier alpha value is -2.35. The van der Waals surface area contributed by atoms with E-state index in [2.05, 4.69) is 46.7 Å². The number of benzene rings is 1. The summed E-state index contributed by atoms with van der Waals surface area (Å²) in [5, 5.41) is 6.48. The maximum Gasteiger partial charge on any atom is 0.0752 e. The monoisotopic (exact) mass is 293 g/mol. The lowest BCUT2D eigenvalue weighted by molar-refractivity contribution is 0.695. The van der Waals surface area contributed by atoms with Crippen LogP contribution >= 0.6 is 11.3 Å². The van der Waals surface area contributed by atoms with Crippen LogP contribution in [0.5, 0.6) is 0 Å². The zero-order valence-corrected chi connectivity index (χ0v) is 12.3. The summed E-state index contributed by atoms with van der Waals surface area (Å²) in [6, 6.07) is 12.4. The van der Waals surface area contributed by atoms with Gasteiger partial charge in [0.25, 0.3) is 0 Å². The van der Waals surface area contributed by atoms with Crippen molar-refractivity contribution in [3.63, 3.8) is 0 Å². The van der Waals surface area contributed by atoms with Gasteiger partial charge < -0.3 is 5.73 Å². The molecule has 2 heterocycles. The Labute approximate surface area is 128 Å². The molecule has 3 nitrogen and oxygen atoms in total. The molecule has 21 heavy (non-hydrogen) atoms. The van der Waals surface area contributed by atoms with Crippen LogP contribution in [0.4, 0.5) is 0 Å². The SMILES string of the molecule is NCC#Cc1csc(Cn2cc(-c3ccccc3)cn2)c1. The highest BCUT2D eigenvalue weighted by Crippen LogP contribution is 2.19. The highest BCUT2D eigenvalue weighted by molar-refractivity contribution is 7.10. The van der Waals surface area contributed by atoms with Gasteiger partial charge >= 0.3 is 0 Å². The summed E-state index contributed by atoms with van der Waals surface area (Å²) in [6.45, 7) is 1.16. The van der Waals surface area contributed by atoms with Crippen LogP contribution in [-0.2, 0) is 6.54 Å². The fraction of sp³-hybridized carbons (Fsp3) is 0.118. The van der Waals surface area contributed by atoms with E-state index in [9.17, 15) is 0 Å². The van der Waals surface area contributed by atoms with Gasteiger partial charge in [0.1, 0.15) is 0 Å². The number of nitrogens with two attached hydrogens (primary N) is 1. The molecule has 0 bridgehead atoms. The first-order chi connectivity index (χ1) is 10.3. The van der Waals surface area contributed by atoms with Crippen molar-refractivity contribution >= 4 is 11.3 Å². The van der Waals surface area contributed by atoms with Crippen LogP contribution < -0.4 is 5.73 Å². The molecule has 0 unspecified atom stereocenters. The van der Waals surface area contributed by atoms with Crippen LogP contribution in [0.2, 0.25) is 0 Å². The molecule has 0 aliphatic heterocycles. The average Bonchev–Trinajstić information content (AvgIpc) is 3.16. The molecule has 0 atom stereocenters. The van der Waals surface area contributed by atoms with Gasteiger partial charge in [-0.05, 0) is 11.6 Å². The van der Waals surface area contributed by atoms with E-state index >= 15 is 0 Å². The second-order valence-corrected chi connectivity index (χ2v) is 5.60. The number of thiophene rings is 1. The fourth-order valence-electron chi connectivity index (χ4n) is 2.07. The van der Waals surface area contributed by atoms with Crippen LogP contribution in [0.3, 0.4) is 0 Å². The van der Waals surface area contributed by atoms with Crippen molar-refractivity contribution in [3.05, 3.63) is 64.6 Å². The molecule has 0 fully saturated rings. The summed E-state index contributed by atoms with van der Waals surface area (Å²) < 4.78 is 1.95. The van der Waals surface area contributed by atoms with Gasteiger partial charge in [0.15, 0.2) is 0 Å². The maximum atomic E-state index is 5.38. The first kappa shape index (κ1) is 13.6. The lowest BCUT2D eigenvalue weighted by Gasteiger charge is -1.97. The van der Waals surface area contributed by atoms with Crippen molar-refractivity contribution in [2.24, 2.45) is 5.73 Å². The van der Waals surface area contributed by atoms with E-state index in [1.165, 1.54) is 10.4 Å². The van der Waals surface area contributed by atoms with Crippen molar-refractivity contribution in [3.8, 4) is 23.0 Å². The van der Waals surface area contributed by atoms with E-state index in [-0.39, 0.29) is 0 Å². The molecule has 4 heteroatoms. The Balaban J connectivity index is 1.74. The number of nitrogens with zero attached hydrogens (tertiary/aromatic N) is 2. The molecule has 0 radical (unpaired) electrons. The molecule has 104 valence electrons.